The molecule has 39 heavy (non-hydrogen) atoms. The van der Waals surface area contributed by atoms with Crippen LogP contribution in [0, 0.1) is 5.92 Å². The van der Waals surface area contributed by atoms with Crippen LogP contribution in [0.4, 0.5) is 0 Å². The van der Waals surface area contributed by atoms with E-state index in [2.05, 4.69) is 5.32 Å². The van der Waals surface area contributed by atoms with Gasteiger partial charge in [0, 0.05) is 47.2 Å². The summed E-state index contributed by atoms with van der Waals surface area (Å²) in [7, 11) is 5.10. The fourth-order valence-electron chi connectivity index (χ4n) is 7.84. The Labute approximate surface area is 228 Å². The van der Waals surface area contributed by atoms with Gasteiger partial charge in [-0.15, -0.1) is 0 Å². The van der Waals surface area contributed by atoms with Crippen molar-refractivity contribution in [1.29, 1.82) is 0 Å². The fraction of sp³-hybridized carbons (Fsp3) is 0.778. The van der Waals surface area contributed by atoms with E-state index in [4.69, 9.17) is 14.2 Å². The summed E-state index contributed by atoms with van der Waals surface area (Å²) in [5, 5.41) is 46.1. The molecule has 1 aliphatic carbocycles. The second-order valence-electron chi connectivity index (χ2n) is 12.0. The highest BCUT2D eigenvalue weighted by molar-refractivity contribution is 6.25. The van der Waals surface area contributed by atoms with Crippen LogP contribution in [0.15, 0.2) is 22.5 Å². The first-order chi connectivity index (χ1) is 18.3. The van der Waals surface area contributed by atoms with E-state index in [1.54, 1.807) is 18.7 Å². The van der Waals surface area contributed by atoms with Crippen LogP contribution in [0.2, 0.25) is 0 Å². The van der Waals surface area contributed by atoms with Crippen molar-refractivity contribution in [2.75, 3.05) is 27.8 Å². The third-order valence-corrected chi connectivity index (χ3v) is 9.31. The number of fused-ring (bicyclic) bond motifs is 4. The van der Waals surface area contributed by atoms with E-state index in [0.29, 0.717) is 12.0 Å². The molecule has 10 unspecified atom stereocenters. The van der Waals surface area contributed by atoms with Gasteiger partial charge < -0.3 is 44.9 Å². The molecule has 0 aromatic rings. The van der Waals surface area contributed by atoms with Crippen LogP contribution in [-0.4, -0.2) is 130 Å². The molecule has 12 nitrogen and oxygen atoms in total. The molecule has 218 valence electrons. The Morgan fingerprint density at radius 1 is 1.26 bits per heavy atom. The third-order valence-electron chi connectivity index (χ3n) is 9.31. The van der Waals surface area contributed by atoms with Gasteiger partial charge >= 0.3 is 0 Å². The Bertz CT molecular complexity index is 1090. The number of nitrogens with zero attached hydrogens (tertiary/aromatic N) is 2. The van der Waals surface area contributed by atoms with Crippen molar-refractivity contribution in [3.05, 3.63) is 22.5 Å². The first-order valence-corrected chi connectivity index (χ1v) is 13.6. The molecule has 10 atom stereocenters. The minimum absolute atomic E-state index is 0.0299. The zero-order valence-corrected chi connectivity index (χ0v) is 23.3. The quantitative estimate of drug-likeness (QED) is 0.195. The second kappa shape index (κ2) is 10.3. The molecule has 0 spiro atoms. The summed E-state index contributed by atoms with van der Waals surface area (Å²) in [4.78, 5) is 30.9. The molecular weight excluding hydrogens is 510 g/mol. The summed E-state index contributed by atoms with van der Waals surface area (Å²) in [5.74, 6) is -1.31. The number of carbonyl (C=O) groups is 2. The van der Waals surface area contributed by atoms with Crippen LogP contribution in [0.5, 0.6) is 0 Å². The topological polar surface area (TPSA) is 161 Å². The van der Waals surface area contributed by atoms with Crippen LogP contribution >= 0.6 is 0 Å². The minimum atomic E-state index is -1.60. The number of ether oxygens (including phenoxy) is 3. The first kappa shape index (κ1) is 28.8. The van der Waals surface area contributed by atoms with Crippen molar-refractivity contribution >= 4 is 11.6 Å². The van der Waals surface area contributed by atoms with Crippen molar-refractivity contribution in [3.8, 4) is 0 Å². The Morgan fingerprint density at radius 3 is 2.54 bits per heavy atom. The molecule has 3 saturated heterocycles. The number of piperazine rings is 1. The highest BCUT2D eigenvalue weighted by Gasteiger charge is 2.58. The Kier molecular flexibility index (Phi) is 7.58. The van der Waals surface area contributed by atoms with E-state index in [1.165, 1.54) is 7.11 Å². The number of Topliss-reactive ketones (excluding diaryl/α,β-unsaturated/α-hetero) is 2. The molecule has 12 heteroatoms. The van der Waals surface area contributed by atoms with Crippen LogP contribution in [0.25, 0.3) is 0 Å². The number of aliphatic hydroxyl groups excluding tert-OH is 2. The number of carbonyl (C=O) groups excluding carboxylic acids is 2. The van der Waals surface area contributed by atoms with E-state index in [1.807, 2.05) is 25.9 Å². The van der Waals surface area contributed by atoms with Gasteiger partial charge in [0.1, 0.15) is 6.23 Å². The minimum Gasteiger partial charge on any atom is -0.492 e. The van der Waals surface area contributed by atoms with E-state index in [-0.39, 0.29) is 54.3 Å². The van der Waals surface area contributed by atoms with Gasteiger partial charge in [0.25, 0.3) is 0 Å². The SMILES string of the molecule is COC1=C(C)C(=O)C2=C(C1=O)C(COC1CC(C)(O)C(N(C)C)C(C)O1)N1C(O)C3CC(C(O)O)C(N3)C1C2. The van der Waals surface area contributed by atoms with Crippen LogP contribution < -0.4 is 5.32 Å². The number of rotatable bonds is 6. The number of ketones is 2. The van der Waals surface area contributed by atoms with Crippen LogP contribution in [0.1, 0.15) is 40.0 Å². The summed E-state index contributed by atoms with van der Waals surface area (Å²) in [6.45, 7) is 5.07. The summed E-state index contributed by atoms with van der Waals surface area (Å²) >= 11 is 0. The van der Waals surface area contributed by atoms with Crippen LogP contribution in [0.3, 0.4) is 0 Å². The average Bonchev–Trinajstić information content (AvgIpc) is 3.25. The van der Waals surface area contributed by atoms with Crippen molar-refractivity contribution in [2.45, 2.75) is 101 Å². The maximum absolute atomic E-state index is 13.7. The van der Waals surface area contributed by atoms with Gasteiger partial charge in [-0.2, -0.15) is 0 Å². The van der Waals surface area contributed by atoms with Crippen molar-refractivity contribution in [1.82, 2.24) is 15.1 Å². The molecule has 5 rings (SSSR count). The molecule has 0 saturated carbocycles. The predicted molar refractivity (Wildman–Crippen MR) is 137 cm³/mol. The highest BCUT2D eigenvalue weighted by Crippen LogP contribution is 2.45. The van der Waals surface area contributed by atoms with E-state index < -0.39 is 60.3 Å². The van der Waals surface area contributed by atoms with Gasteiger partial charge in [-0.1, -0.05) is 0 Å². The number of nitrogens with one attached hydrogen (secondary N) is 1. The summed E-state index contributed by atoms with van der Waals surface area (Å²) in [5.41, 5.74) is -0.335. The number of allylic oxidation sites excluding steroid dienone is 2. The van der Waals surface area contributed by atoms with Gasteiger partial charge in [0.15, 0.2) is 24.1 Å². The Morgan fingerprint density at radius 2 is 1.95 bits per heavy atom. The molecule has 5 aliphatic rings. The first-order valence-electron chi connectivity index (χ1n) is 13.6. The molecule has 0 radical (unpaired) electrons. The maximum atomic E-state index is 13.7. The zero-order valence-electron chi connectivity index (χ0n) is 23.3. The fourth-order valence-corrected chi connectivity index (χ4v) is 7.84. The molecule has 0 aromatic heterocycles. The lowest BCUT2D eigenvalue weighted by atomic mass is 9.75. The van der Waals surface area contributed by atoms with Crippen molar-refractivity contribution in [3.63, 3.8) is 0 Å². The van der Waals surface area contributed by atoms with Gasteiger partial charge in [-0.25, -0.2) is 0 Å². The number of hydrogen-bond acceptors (Lipinski definition) is 12. The third kappa shape index (κ3) is 4.59. The van der Waals surface area contributed by atoms with Crippen molar-refractivity contribution < 1.29 is 44.2 Å². The molecule has 0 amide bonds. The smallest absolute Gasteiger partial charge is 0.226 e. The van der Waals surface area contributed by atoms with E-state index >= 15 is 0 Å². The summed E-state index contributed by atoms with van der Waals surface area (Å²) in [6, 6.07) is -2.44. The normalized spacial score (nSPS) is 42.9. The number of likely N-dealkylation sites (N-methyl/N-ethyl adjacent to an activating group) is 1. The standard InChI is InChI=1S/C27H41N3O9/c1-11-21(31)13-8-16-20-14(26(34)35)7-15(28-20)25(33)30(16)17(19(13)22(32)23(11)37-6)10-38-18-9-27(3,36)24(29(4)5)12(2)39-18/h12,14-18,20,24-26,28,33-36H,7-10H2,1-6H3. The monoisotopic (exact) mass is 551 g/mol. The molecular formula is C27H41N3O9. The highest BCUT2D eigenvalue weighted by atomic mass is 16.7. The Hall–Kier alpha value is -1.74. The van der Waals surface area contributed by atoms with Gasteiger partial charge in [-0.05, 0) is 47.7 Å². The number of hydrogen-bond donors (Lipinski definition) is 5. The lowest BCUT2D eigenvalue weighted by Crippen LogP contribution is -2.70. The van der Waals surface area contributed by atoms with Gasteiger partial charge in [-0.3, -0.25) is 14.5 Å². The zero-order chi connectivity index (χ0) is 28.5. The maximum Gasteiger partial charge on any atom is 0.226 e. The average molecular weight is 552 g/mol. The molecule has 4 heterocycles. The second-order valence-corrected chi connectivity index (χ2v) is 12.0. The van der Waals surface area contributed by atoms with E-state index in [0.717, 1.165) is 0 Å². The van der Waals surface area contributed by atoms with Gasteiger partial charge in [0.05, 0.1) is 37.5 Å². The number of methoxy groups -OCH3 is 1. The number of aliphatic hydroxyl groups is 4. The van der Waals surface area contributed by atoms with Crippen LogP contribution in [-0.2, 0) is 23.8 Å². The summed E-state index contributed by atoms with van der Waals surface area (Å²) in [6.07, 6.45) is -3.12. The molecule has 3 fully saturated rings. The lowest BCUT2D eigenvalue weighted by Gasteiger charge is -2.53. The molecule has 2 bridgehead atoms. The largest absolute Gasteiger partial charge is 0.492 e. The molecule has 5 N–H and O–H groups in total. The Balaban J connectivity index is 1.49. The molecule has 4 aliphatic heterocycles. The van der Waals surface area contributed by atoms with Crippen molar-refractivity contribution in [2.24, 2.45) is 5.92 Å². The lowest BCUT2D eigenvalue weighted by molar-refractivity contribution is -0.261. The van der Waals surface area contributed by atoms with E-state index in [9.17, 15) is 30.0 Å². The van der Waals surface area contributed by atoms with Gasteiger partial charge in [0.2, 0.25) is 5.78 Å². The predicted octanol–water partition coefficient (Wildman–Crippen LogP) is -1.38. The molecule has 0 aromatic carbocycles. The summed E-state index contributed by atoms with van der Waals surface area (Å²) < 4.78 is 17.7.